The maximum Gasteiger partial charge on any atom is 0.244 e. The van der Waals surface area contributed by atoms with Gasteiger partial charge in [-0.25, -0.2) is 0 Å². The van der Waals surface area contributed by atoms with Gasteiger partial charge in [-0.3, -0.25) is 33.7 Å². The highest BCUT2D eigenvalue weighted by Crippen LogP contribution is 2.14. The molecule has 2 unspecified atom stereocenters. The van der Waals surface area contributed by atoms with Crippen LogP contribution in [0, 0.1) is 6.92 Å². The fourth-order valence-corrected chi connectivity index (χ4v) is 4.64. The van der Waals surface area contributed by atoms with E-state index >= 15 is 0 Å². The number of primary amides is 2. The summed E-state index contributed by atoms with van der Waals surface area (Å²) in [6, 6.07) is 13.1. The molecule has 17 nitrogen and oxygen atoms in total. The Labute approximate surface area is 314 Å². The Kier molecular flexibility index (Phi) is 31.3. The van der Waals surface area contributed by atoms with Gasteiger partial charge in [0.05, 0.1) is 32.8 Å². The number of hydrogen-bond donors (Lipinski definition) is 9. The second kappa shape index (κ2) is 32.6. The van der Waals surface area contributed by atoms with Gasteiger partial charge < -0.3 is 52.9 Å². The van der Waals surface area contributed by atoms with E-state index in [0.29, 0.717) is 39.3 Å². The Morgan fingerprint density at radius 3 is 2.02 bits per heavy atom. The first-order valence-corrected chi connectivity index (χ1v) is 18.1. The van der Waals surface area contributed by atoms with Crippen molar-refractivity contribution < 1.29 is 38.3 Å². The van der Waals surface area contributed by atoms with Gasteiger partial charge in [-0.2, -0.15) is 0 Å². The number of nitrogens with one attached hydrogen (secondary N) is 6. The molecule has 52 heavy (non-hydrogen) atoms. The molecule has 1 fully saturated rings. The minimum absolute atomic E-state index is 0.200. The Morgan fingerprint density at radius 1 is 0.923 bits per heavy atom. The van der Waals surface area contributed by atoms with E-state index in [1.807, 2.05) is 19.0 Å². The van der Waals surface area contributed by atoms with Gasteiger partial charge >= 0.3 is 0 Å². The first-order chi connectivity index (χ1) is 24.8. The normalized spacial score (nSPS) is 12.7. The van der Waals surface area contributed by atoms with Crippen LogP contribution in [0.3, 0.4) is 0 Å². The highest BCUT2D eigenvalue weighted by Gasteiger charge is 2.28. The highest BCUT2D eigenvalue weighted by atomic mass is 33.1. The number of morpholine rings is 1. The lowest BCUT2D eigenvalue weighted by atomic mass is 10.1. The lowest BCUT2D eigenvalue weighted by Gasteiger charge is -2.30. The Morgan fingerprint density at radius 2 is 1.52 bits per heavy atom. The summed E-state index contributed by atoms with van der Waals surface area (Å²) in [6.07, 6.45) is 1.22. The van der Waals surface area contributed by atoms with Gasteiger partial charge in [0.15, 0.2) is 0 Å². The van der Waals surface area contributed by atoms with Crippen LogP contribution >= 0.6 is 22.5 Å². The average molecular weight is 770 g/mol. The van der Waals surface area contributed by atoms with Crippen molar-refractivity contribution in [1.82, 2.24) is 36.8 Å². The van der Waals surface area contributed by atoms with E-state index in [0.717, 1.165) is 17.1 Å². The van der Waals surface area contributed by atoms with E-state index in [-0.39, 0.29) is 31.3 Å². The van der Waals surface area contributed by atoms with Crippen LogP contribution in [0.15, 0.2) is 42.5 Å². The highest BCUT2D eigenvalue weighted by molar-refractivity contribution is 8.68. The topological polar surface area (TPSA) is 256 Å². The molecule has 2 atom stereocenters. The molecule has 6 amide bonds. The van der Waals surface area contributed by atoms with Crippen molar-refractivity contribution in [3.63, 3.8) is 0 Å². The van der Waals surface area contributed by atoms with Crippen molar-refractivity contribution in [1.29, 1.82) is 0 Å². The van der Waals surface area contributed by atoms with E-state index in [1.165, 1.54) is 23.3 Å². The molecule has 3 rings (SSSR count). The minimum Gasteiger partial charge on any atom is -0.379 e. The molecule has 292 valence electrons. The van der Waals surface area contributed by atoms with Crippen molar-refractivity contribution in [2.24, 2.45) is 11.5 Å². The number of hydrogen-bond acceptors (Lipinski definition) is 13. The molecule has 0 aliphatic carbocycles. The Balaban J connectivity index is 0. The van der Waals surface area contributed by atoms with Crippen molar-refractivity contribution >= 4 is 75.5 Å². The third-order valence-electron chi connectivity index (χ3n) is 6.08. The van der Waals surface area contributed by atoms with Gasteiger partial charge in [0, 0.05) is 32.3 Å². The summed E-state index contributed by atoms with van der Waals surface area (Å²) in [4.78, 5) is 78.6. The van der Waals surface area contributed by atoms with Gasteiger partial charge in [-0.05, 0) is 38.8 Å². The lowest BCUT2D eigenvalue weighted by Crippen LogP contribution is -2.58. The molecule has 1 aliphatic rings. The summed E-state index contributed by atoms with van der Waals surface area (Å²) >= 11 is 3.98. The number of nitrogens with zero attached hydrogens (tertiary/aromatic N) is 1. The number of carbonyl (C=O) groups is 7. The van der Waals surface area contributed by atoms with Crippen LogP contribution in [-0.2, 0) is 38.3 Å². The smallest absolute Gasteiger partial charge is 0.244 e. The second-order valence-electron chi connectivity index (χ2n) is 10.8. The summed E-state index contributed by atoms with van der Waals surface area (Å²) in [6.45, 7) is 5.53. The van der Waals surface area contributed by atoms with E-state index < -0.39 is 35.7 Å². The van der Waals surface area contributed by atoms with Crippen LogP contribution in [0.25, 0.3) is 10.8 Å². The molecule has 0 aromatic heterocycles. The zero-order chi connectivity index (χ0) is 39.7. The van der Waals surface area contributed by atoms with Gasteiger partial charge in [-0.15, -0.1) is 11.7 Å². The number of nitrogens with two attached hydrogens (primary N) is 2. The molecular formula is C33H55N9O8S2. The van der Waals surface area contributed by atoms with Gasteiger partial charge in [0.1, 0.15) is 18.4 Å². The lowest BCUT2D eigenvalue weighted by molar-refractivity contribution is -0.132. The maximum atomic E-state index is 12.6. The van der Waals surface area contributed by atoms with E-state index in [9.17, 15) is 33.6 Å². The zero-order valence-electron chi connectivity index (χ0n) is 30.4. The van der Waals surface area contributed by atoms with Crippen LogP contribution in [0.1, 0.15) is 12.5 Å². The molecule has 0 radical (unpaired) electrons. The second-order valence-corrected chi connectivity index (χ2v) is 12.1. The number of carbonyl (C=O) groups excluding carboxylic acids is 7. The fourth-order valence-electron chi connectivity index (χ4n) is 3.80. The monoisotopic (exact) mass is 769 g/mol. The molecule has 0 bridgehead atoms. The number of fused-ring (bicyclic) bond motifs is 1. The first-order valence-electron chi connectivity index (χ1n) is 16.1. The van der Waals surface area contributed by atoms with Crippen molar-refractivity contribution in [3.05, 3.63) is 48.0 Å². The van der Waals surface area contributed by atoms with Gasteiger partial charge in [-0.1, -0.05) is 58.8 Å². The number of thiol groups is 1. The predicted molar refractivity (Wildman–Crippen MR) is 207 cm³/mol. The number of aldehydes is 1. The molecule has 10 N–H and O–H groups in total. The molecule has 0 saturated carbocycles. The number of rotatable bonds is 15. The largest absolute Gasteiger partial charge is 0.379 e. The SMILES string of the molecule is CC(N)=O.CNC.CNCC=O.Cc1ccc2ccccc2c1.NC(=O)CNC(=O)CNC(=O)C(CN1CCOCC1)NC(=O)C(CSS)NC=O. The third kappa shape index (κ3) is 27.5. The molecule has 1 heterocycles. The molecule has 1 aliphatic heterocycles. The molecule has 1 saturated heterocycles. The number of amides is 6. The fraction of sp³-hybridized carbons (Fsp3) is 0.485. The van der Waals surface area contributed by atoms with Crippen molar-refractivity contribution in [2.45, 2.75) is 25.9 Å². The van der Waals surface area contributed by atoms with Crippen LogP contribution in [0.5, 0.6) is 0 Å². The predicted octanol–water partition coefficient (Wildman–Crippen LogP) is -1.91. The summed E-state index contributed by atoms with van der Waals surface area (Å²) in [7, 11) is 6.55. The number of benzene rings is 2. The first kappa shape index (κ1) is 49.8. The van der Waals surface area contributed by atoms with Gasteiger partial charge in [0.25, 0.3) is 0 Å². The van der Waals surface area contributed by atoms with E-state index in [2.05, 4.69) is 98.7 Å². The summed E-state index contributed by atoms with van der Waals surface area (Å²) in [5.74, 6) is -2.57. The zero-order valence-corrected chi connectivity index (χ0v) is 32.1. The molecule has 19 heteroatoms. The number of ether oxygens (including phenoxy) is 1. The minimum atomic E-state index is -0.967. The van der Waals surface area contributed by atoms with E-state index in [4.69, 9.17) is 10.5 Å². The molecule has 0 spiro atoms. The van der Waals surface area contributed by atoms with Crippen molar-refractivity contribution in [3.8, 4) is 0 Å². The Bertz CT molecular complexity index is 1350. The van der Waals surface area contributed by atoms with Crippen LogP contribution in [-0.4, -0.2) is 139 Å². The Hall–Kier alpha value is -4.27. The average Bonchev–Trinajstić information content (AvgIpc) is 3.10. The van der Waals surface area contributed by atoms with Gasteiger partial charge in [0.2, 0.25) is 35.9 Å². The van der Waals surface area contributed by atoms with Crippen LogP contribution < -0.4 is 43.4 Å². The number of likely N-dealkylation sites (N-methyl/N-ethyl adjacent to an activating group) is 1. The van der Waals surface area contributed by atoms with E-state index in [1.54, 1.807) is 7.05 Å². The molecule has 2 aromatic carbocycles. The quantitative estimate of drug-likeness (QED) is 0.0547. The van der Waals surface area contributed by atoms with Crippen LogP contribution in [0.2, 0.25) is 0 Å². The standard InChI is InChI=1S/C15H26N6O6S2.C11H10.C3H7NO.C2H5NO.C2H7N/c16-12(23)5-17-13(24)6-18-14(25)10(7-21-1-3-27-4-2-21)20-15(26)11(8-29-28)19-9-22;1-9-6-7-10-4-2-3-5-11(10)8-9;1-4-2-3-5;1-2(3)4;1-3-2/h9-11,28H,1-8H2,(H2,16,23)(H,17,24)(H,18,25)(H,19,22)(H,20,26);2-8H,1H3;3-4H,2H2,1H3;1H3,(H2,3,4);3H,1-2H3. The number of aryl methyl sites for hydroxylation is 1. The van der Waals surface area contributed by atoms with Crippen LogP contribution in [0.4, 0.5) is 0 Å². The molecular weight excluding hydrogens is 715 g/mol. The molecule has 2 aromatic rings. The van der Waals surface area contributed by atoms with Crippen molar-refractivity contribution in [2.75, 3.05) is 79.4 Å². The summed E-state index contributed by atoms with van der Waals surface area (Å²) < 4.78 is 5.27. The maximum absolute atomic E-state index is 12.6. The summed E-state index contributed by atoms with van der Waals surface area (Å²) in [5.41, 5.74) is 10.7. The summed E-state index contributed by atoms with van der Waals surface area (Å²) in [5, 5.41) is 17.7. The third-order valence-corrected chi connectivity index (χ3v) is 7.01.